The minimum absolute atomic E-state index is 0.00685. The number of carbonyl (C=O) groups excluding carboxylic acids is 5. The number of ether oxygens (including phenoxy) is 5. The van der Waals surface area contributed by atoms with Gasteiger partial charge in [0.25, 0.3) is 11.7 Å². The lowest BCUT2D eigenvalue weighted by atomic mass is 9.78. The van der Waals surface area contributed by atoms with Crippen LogP contribution in [0.15, 0.2) is 47.6 Å². The number of fused-ring (bicyclic) bond motifs is 3. The Kier molecular flexibility index (Phi) is 25.6. The molecule has 8 N–H and O–H groups in total. The van der Waals surface area contributed by atoms with Gasteiger partial charge in [0.15, 0.2) is 5.78 Å². The molecule has 1 amide bonds. The molecule has 426 valence electrons. The van der Waals surface area contributed by atoms with Gasteiger partial charge >= 0.3 is 5.97 Å². The third-order valence-corrected chi connectivity index (χ3v) is 16.0. The summed E-state index contributed by atoms with van der Waals surface area (Å²) in [5, 5.41) is 84.9. The zero-order valence-corrected chi connectivity index (χ0v) is 45.6. The van der Waals surface area contributed by atoms with Crippen LogP contribution in [0.3, 0.4) is 0 Å². The van der Waals surface area contributed by atoms with E-state index in [2.05, 4.69) is 0 Å². The van der Waals surface area contributed by atoms with Crippen LogP contribution in [-0.4, -0.2) is 188 Å². The van der Waals surface area contributed by atoms with E-state index >= 15 is 0 Å². The number of amides is 1. The van der Waals surface area contributed by atoms with Crippen LogP contribution in [0.2, 0.25) is 0 Å². The predicted molar refractivity (Wildman–Crippen MR) is 275 cm³/mol. The van der Waals surface area contributed by atoms with Crippen LogP contribution >= 0.6 is 0 Å². The maximum absolute atomic E-state index is 14.5. The number of esters is 1. The van der Waals surface area contributed by atoms with Gasteiger partial charge in [-0.1, -0.05) is 71.1 Å². The van der Waals surface area contributed by atoms with Crippen LogP contribution in [0, 0.1) is 35.5 Å². The number of allylic oxidation sites excluding steroid dienone is 6. The van der Waals surface area contributed by atoms with E-state index in [0.717, 1.165) is 4.90 Å². The smallest absolute Gasteiger partial charge is 0.329 e. The molecular formula is C56H89NO18. The van der Waals surface area contributed by atoms with Crippen molar-refractivity contribution < 1.29 is 88.5 Å². The number of nitrogens with zero attached hydrogens (tertiary/aromatic N) is 1. The molecule has 75 heavy (non-hydrogen) atoms. The Labute approximate surface area is 443 Å². The predicted octanol–water partition coefficient (Wildman–Crippen LogP) is 2.99. The van der Waals surface area contributed by atoms with Crippen molar-refractivity contribution in [1.82, 2.24) is 4.90 Å². The standard InChI is InChI=1S/C56H89NO18/c1-31-15-11-10-12-16-32(2)45(73-30-44(62)51(66)50(65)43(61)29-58)27-39-20-18-37(7)56(70,75-39)53(67)54(68)57-22-14-13-17-40(57)55(69)74-46(34(4)25-38-19-21-41(59)47(26-38)71-8)28-42(60)33(3)24-36(6)49(64)52(72-9)48(63)35(5)23-31/h10-12,15-16,24,31,33-35,37-41,43-47,49-52,58-59,61-62,64-66,70H,13-14,17-23,25-30H2,1-9H3/b12-10+,15-11+,32-16+,36-24+/t31-,33-,34-,35-,37-,38+,39+,40+,41-,43+,44-,45?,46+,47-,49-,50-,51-,52+,56-/m1/s1. The Bertz CT molecular complexity index is 2010. The van der Waals surface area contributed by atoms with E-state index < -0.39 is 127 Å². The van der Waals surface area contributed by atoms with Gasteiger partial charge in [-0.15, -0.1) is 0 Å². The van der Waals surface area contributed by atoms with Crippen LogP contribution in [-0.2, 0) is 47.7 Å². The molecule has 2 bridgehead atoms. The number of methoxy groups -OCH3 is 2. The molecule has 19 heteroatoms. The zero-order valence-electron chi connectivity index (χ0n) is 45.6. The number of aliphatic hydroxyl groups is 8. The third-order valence-electron chi connectivity index (χ3n) is 16.0. The van der Waals surface area contributed by atoms with E-state index in [4.69, 9.17) is 23.7 Å². The molecule has 4 aliphatic rings. The van der Waals surface area contributed by atoms with Gasteiger partial charge in [0, 0.05) is 51.4 Å². The molecule has 0 aromatic rings. The SMILES string of the molecule is CO[C@@H]1C[C@H](C[C@@H](C)[C@@H]2CC(=O)[C@H](C)/C=C(\C)[C@@H](O)[C@@H](OC)C(=O)[C@H](C)C[C@H](C)/C=C/C=C/C=C(\C)C(OC[C@@H](O)[C@@H](O)[C@H](O)[C@@H](O)CO)C[C@@H]3CC[C@@H](C)[C@@](O)(O3)C(=O)C(=O)N3CCCC[C@H]3C(=O)O2)CC[C@H]1O. The fourth-order valence-electron chi connectivity index (χ4n) is 10.9. The number of hydrogen-bond acceptors (Lipinski definition) is 18. The Balaban J connectivity index is 1.73. The molecule has 2 saturated heterocycles. The topological polar surface area (TPSA) is 297 Å². The van der Waals surface area contributed by atoms with Crippen LogP contribution in [0.1, 0.15) is 126 Å². The van der Waals surface area contributed by atoms with Gasteiger partial charge in [-0.2, -0.15) is 0 Å². The van der Waals surface area contributed by atoms with Gasteiger partial charge in [0.05, 0.1) is 37.6 Å². The first kappa shape index (κ1) is 64.0. The fraction of sp³-hybridized carbons (Fsp3) is 0.768. The highest BCUT2D eigenvalue weighted by Gasteiger charge is 2.53. The quantitative estimate of drug-likeness (QED) is 0.0792. The van der Waals surface area contributed by atoms with Crippen molar-refractivity contribution in [2.45, 2.75) is 204 Å². The molecule has 3 heterocycles. The number of aliphatic hydroxyl groups excluding tert-OH is 7. The highest BCUT2D eigenvalue weighted by atomic mass is 16.6. The van der Waals surface area contributed by atoms with E-state index in [9.17, 15) is 64.8 Å². The number of hydrogen-bond donors (Lipinski definition) is 8. The summed E-state index contributed by atoms with van der Waals surface area (Å²) in [6.07, 6.45) is 0.805. The first-order valence-corrected chi connectivity index (χ1v) is 27.0. The van der Waals surface area contributed by atoms with E-state index in [-0.39, 0.29) is 61.7 Å². The third kappa shape index (κ3) is 17.5. The molecule has 19 nitrogen and oxygen atoms in total. The van der Waals surface area contributed by atoms with Crippen molar-refractivity contribution in [1.29, 1.82) is 0 Å². The number of ketones is 3. The molecule has 1 saturated carbocycles. The molecule has 4 rings (SSSR count). The summed E-state index contributed by atoms with van der Waals surface area (Å²) in [4.78, 5) is 72.5. The summed E-state index contributed by atoms with van der Waals surface area (Å²) in [6, 6.07) is -1.24. The van der Waals surface area contributed by atoms with Gasteiger partial charge < -0.3 is 69.4 Å². The number of piperidine rings is 1. The van der Waals surface area contributed by atoms with Crippen LogP contribution < -0.4 is 0 Å². The molecule has 3 aliphatic heterocycles. The van der Waals surface area contributed by atoms with Gasteiger partial charge in [0.1, 0.15) is 54.6 Å². The summed E-state index contributed by atoms with van der Waals surface area (Å²) in [5.41, 5.74) is 0.912. The first-order valence-electron chi connectivity index (χ1n) is 27.0. The summed E-state index contributed by atoms with van der Waals surface area (Å²) < 4.78 is 29.7. The highest BCUT2D eigenvalue weighted by molar-refractivity contribution is 6.39. The average molecular weight is 1060 g/mol. The Hall–Kier alpha value is -3.57. The van der Waals surface area contributed by atoms with E-state index in [1.54, 1.807) is 72.1 Å². The van der Waals surface area contributed by atoms with Crippen molar-refractivity contribution in [3.63, 3.8) is 0 Å². The fourth-order valence-corrected chi connectivity index (χ4v) is 10.9. The Morgan fingerprint density at radius 2 is 1.52 bits per heavy atom. The van der Waals surface area contributed by atoms with Crippen LogP contribution in [0.4, 0.5) is 0 Å². The molecule has 0 spiro atoms. The molecule has 0 radical (unpaired) electrons. The maximum Gasteiger partial charge on any atom is 0.329 e. The minimum Gasteiger partial charge on any atom is -0.460 e. The molecular weight excluding hydrogens is 975 g/mol. The lowest BCUT2D eigenvalue weighted by Gasteiger charge is -2.43. The van der Waals surface area contributed by atoms with Crippen molar-refractivity contribution in [2.24, 2.45) is 35.5 Å². The Morgan fingerprint density at radius 1 is 0.827 bits per heavy atom. The van der Waals surface area contributed by atoms with Crippen molar-refractivity contribution in [3.8, 4) is 0 Å². The first-order chi connectivity index (χ1) is 35.4. The number of Topliss-reactive ketones (excluding diaryl/α,β-unsaturated/α-hetero) is 3. The molecule has 19 atom stereocenters. The Morgan fingerprint density at radius 3 is 2.19 bits per heavy atom. The zero-order chi connectivity index (χ0) is 55.9. The van der Waals surface area contributed by atoms with Crippen molar-refractivity contribution >= 4 is 29.2 Å². The summed E-state index contributed by atoms with van der Waals surface area (Å²) in [6.45, 7) is 10.7. The largest absolute Gasteiger partial charge is 0.460 e. The van der Waals surface area contributed by atoms with Crippen molar-refractivity contribution in [3.05, 3.63) is 47.6 Å². The number of cyclic esters (lactones) is 1. The number of rotatable bonds is 12. The lowest BCUT2D eigenvalue weighted by molar-refractivity contribution is -0.266. The highest BCUT2D eigenvalue weighted by Crippen LogP contribution is 2.38. The van der Waals surface area contributed by atoms with Crippen LogP contribution in [0.5, 0.6) is 0 Å². The van der Waals surface area contributed by atoms with E-state index in [1.807, 2.05) is 19.9 Å². The molecule has 1 unspecified atom stereocenters. The monoisotopic (exact) mass is 1060 g/mol. The normalized spacial score (nSPS) is 38.4. The average Bonchev–Trinajstić information content (AvgIpc) is 3.39. The summed E-state index contributed by atoms with van der Waals surface area (Å²) >= 11 is 0. The molecule has 1 aliphatic carbocycles. The van der Waals surface area contributed by atoms with Gasteiger partial charge in [-0.05, 0) is 107 Å². The summed E-state index contributed by atoms with van der Waals surface area (Å²) in [7, 11) is 2.88. The summed E-state index contributed by atoms with van der Waals surface area (Å²) in [5.74, 6) is -9.14. The minimum atomic E-state index is -2.63. The van der Waals surface area contributed by atoms with Crippen molar-refractivity contribution in [2.75, 3.05) is 34.0 Å². The molecule has 0 aromatic heterocycles. The van der Waals surface area contributed by atoms with E-state index in [0.29, 0.717) is 62.5 Å². The lowest BCUT2D eigenvalue weighted by Crippen LogP contribution is -2.61. The second-order valence-electron chi connectivity index (χ2n) is 22.0. The van der Waals surface area contributed by atoms with Gasteiger partial charge in [-0.25, -0.2) is 4.79 Å². The van der Waals surface area contributed by atoms with Gasteiger partial charge in [0.2, 0.25) is 5.79 Å². The van der Waals surface area contributed by atoms with Crippen LogP contribution in [0.25, 0.3) is 0 Å². The molecule has 3 fully saturated rings. The van der Waals surface area contributed by atoms with E-state index in [1.165, 1.54) is 7.11 Å². The molecule has 0 aromatic carbocycles. The second kappa shape index (κ2) is 30.0. The second-order valence-corrected chi connectivity index (χ2v) is 22.0. The maximum atomic E-state index is 14.5. The number of carbonyl (C=O) groups is 5. The van der Waals surface area contributed by atoms with Gasteiger partial charge in [-0.3, -0.25) is 19.2 Å².